The highest BCUT2D eigenvalue weighted by atomic mass is 79.9. The molecule has 6 heteroatoms. The van der Waals surface area contributed by atoms with Crippen LogP contribution in [0, 0.1) is 0 Å². The van der Waals surface area contributed by atoms with Gasteiger partial charge in [0.05, 0.1) is 6.16 Å². The van der Waals surface area contributed by atoms with Gasteiger partial charge in [0.2, 0.25) is 5.78 Å². The fourth-order valence-corrected chi connectivity index (χ4v) is 9.45. The monoisotopic (exact) mass is 598 g/mol. The first kappa shape index (κ1) is 28.4. The van der Waals surface area contributed by atoms with Crippen molar-refractivity contribution >= 4 is 40.7 Å². The molecule has 4 aromatic carbocycles. The summed E-state index contributed by atoms with van der Waals surface area (Å²) in [4.78, 5) is 38.8. The molecule has 0 spiro atoms. The summed E-state index contributed by atoms with van der Waals surface area (Å²) in [5, 5.41) is 3.73. The van der Waals surface area contributed by atoms with Crippen molar-refractivity contribution < 1.29 is 36.1 Å². The molecular weight excluding hydrogens is 571 g/mol. The SMILES string of the molecule is CC1=C(OC(=O)CCC[P+](c2ccccc2)(c2ccccc2)c2ccccc2)C(=O)c2ccccc2C1=O.[Br-]. The maximum Gasteiger partial charge on any atom is 0.311 e. The van der Waals surface area contributed by atoms with Crippen LogP contribution in [0.3, 0.4) is 0 Å². The van der Waals surface area contributed by atoms with Crippen molar-refractivity contribution in [1.82, 2.24) is 0 Å². The van der Waals surface area contributed by atoms with E-state index in [1.54, 1.807) is 24.3 Å². The van der Waals surface area contributed by atoms with E-state index in [1.165, 1.54) is 22.8 Å². The zero-order chi connectivity index (χ0) is 26.5. The standard InChI is InChI=1S/C33H28O4P.BrH/c1-24-31(35)28-20-11-12-21-29(28)32(36)33(24)37-30(34)22-13-23-38(25-14-5-2-6-15-25,26-16-7-3-8-17-26)27-18-9-4-10-19-27;/h2-12,14-21H,13,22-23H2,1H3;1H/q+1;/p-1. The fraction of sp³-hybridized carbons (Fsp3) is 0.121. The second-order valence-electron chi connectivity index (χ2n) is 9.28. The van der Waals surface area contributed by atoms with E-state index in [2.05, 4.69) is 72.8 Å². The van der Waals surface area contributed by atoms with Gasteiger partial charge in [-0.2, -0.15) is 0 Å². The van der Waals surface area contributed by atoms with Gasteiger partial charge in [0.1, 0.15) is 23.2 Å². The highest BCUT2D eigenvalue weighted by molar-refractivity contribution is 7.95. The minimum atomic E-state index is -2.07. The lowest BCUT2D eigenvalue weighted by Gasteiger charge is -2.27. The number of Topliss-reactive ketones (excluding diaryl/α,β-unsaturated/α-hetero) is 2. The van der Waals surface area contributed by atoms with Crippen LogP contribution < -0.4 is 32.9 Å². The Morgan fingerprint density at radius 3 is 1.51 bits per heavy atom. The number of benzene rings is 4. The fourth-order valence-electron chi connectivity index (χ4n) is 5.11. The summed E-state index contributed by atoms with van der Waals surface area (Å²) in [7, 11) is -2.07. The molecule has 5 rings (SSSR count). The predicted octanol–water partition coefficient (Wildman–Crippen LogP) is 2.66. The number of fused-ring (bicyclic) bond motifs is 1. The van der Waals surface area contributed by atoms with Crippen LogP contribution in [0.5, 0.6) is 0 Å². The van der Waals surface area contributed by atoms with Crippen molar-refractivity contribution in [2.45, 2.75) is 19.8 Å². The number of hydrogen-bond donors (Lipinski definition) is 0. The zero-order valence-corrected chi connectivity index (χ0v) is 24.0. The van der Waals surface area contributed by atoms with Gasteiger partial charge in [-0.15, -0.1) is 0 Å². The van der Waals surface area contributed by atoms with Crippen molar-refractivity contribution in [2.24, 2.45) is 0 Å². The highest BCUT2D eigenvalue weighted by Gasteiger charge is 2.44. The second-order valence-corrected chi connectivity index (χ2v) is 12.9. The van der Waals surface area contributed by atoms with E-state index >= 15 is 0 Å². The molecule has 0 aliphatic heterocycles. The van der Waals surface area contributed by atoms with Crippen LogP contribution in [-0.2, 0) is 9.53 Å². The van der Waals surface area contributed by atoms with Crippen LogP contribution in [0.25, 0.3) is 0 Å². The van der Waals surface area contributed by atoms with Crippen LogP contribution in [-0.4, -0.2) is 23.7 Å². The van der Waals surface area contributed by atoms with E-state index in [9.17, 15) is 14.4 Å². The topological polar surface area (TPSA) is 60.4 Å². The van der Waals surface area contributed by atoms with E-state index in [0.717, 1.165) is 6.16 Å². The van der Waals surface area contributed by atoms with Crippen molar-refractivity contribution in [3.8, 4) is 0 Å². The van der Waals surface area contributed by atoms with Gasteiger partial charge in [0.25, 0.3) is 0 Å². The summed E-state index contributed by atoms with van der Waals surface area (Å²) in [5.74, 6) is -1.38. The van der Waals surface area contributed by atoms with E-state index in [1.807, 2.05) is 18.2 Å². The third kappa shape index (κ3) is 5.56. The average molecular weight is 599 g/mol. The predicted molar refractivity (Wildman–Crippen MR) is 153 cm³/mol. The molecule has 0 saturated carbocycles. The summed E-state index contributed by atoms with van der Waals surface area (Å²) < 4.78 is 5.56. The Morgan fingerprint density at radius 2 is 1.05 bits per heavy atom. The van der Waals surface area contributed by atoms with Gasteiger partial charge in [-0.25, -0.2) is 0 Å². The number of carbonyl (C=O) groups is 3. The molecule has 0 N–H and O–H groups in total. The Balaban J connectivity index is 0.00000353. The van der Waals surface area contributed by atoms with Crippen LogP contribution >= 0.6 is 7.26 Å². The minimum Gasteiger partial charge on any atom is -1.00 e. The molecule has 0 amide bonds. The second kappa shape index (κ2) is 12.5. The van der Waals surface area contributed by atoms with Gasteiger partial charge >= 0.3 is 5.97 Å². The number of ether oxygens (including phenoxy) is 1. The van der Waals surface area contributed by atoms with E-state index < -0.39 is 19.0 Å². The summed E-state index contributed by atoms with van der Waals surface area (Å²) in [6.45, 7) is 1.54. The Labute approximate surface area is 239 Å². The smallest absolute Gasteiger partial charge is 0.311 e. The third-order valence-corrected chi connectivity index (χ3v) is 11.5. The lowest BCUT2D eigenvalue weighted by molar-refractivity contribution is -0.139. The summed E-state index contributed by atoms with van der Waals surface area (Å²) in [6, 6.07) is 38.1. The Bertz CT molecular complexity index is 1420. The quantitative estimate of drug-likeness (QED) is 0.231. The molecule has 0 fully saturated rings. The van der Waals surface area contributed by atoms with Crippen molar-refractivity contribution in [3.63, 3.8) is 0 Å². The average Bonchev–Trinajstić information content (AvgIpc) is 2.98. The number of rotatable bonds is 8. The molecule has 0 radical (unpaired) electrons. The summed E-state index contributed by atoms with van der Waals surface area (Å²) in [5.41, 5.74) is 0.785. The molecule has 4 nitrogen and oxygen atoms in total. The van der Waals surface area contributed by atoms with Crippen molar-refractivity contribution in [1.29, 1.82) is 0 Å². The maximum atomic E-state index is 13.0. The van der Waals surface area contributed by atoms with Crippen LogP contribution in [0.2, 0.25) is 0 Å². The van der Waals surface area contributed by atoms with Gasteiger partial charge in [-0.05, 0) is 49.7 Å². The van der Waals surface area contributed by atoms with Crippen LogP contribution in [0.4, 0.5) is 0 Å². The van der Waals surface area contributed by atoms with Crippen molar-refractivity contribution in [2.75, 3.05) is 6.16 Å². The number of hydrogen-bond acceptors (Lipinski definition) is 4. The summed E-state index contributed by atoms with van der Waals surface area (Å²) in [6.07, 6.45) is 1.46. The molecule has 4 aromatic rings. The van der Waals surface area contributed by atoms with Gasteiger partial charge < -0.3 is 21.7 Å². The number of ketones is 2. The molecule has 0 unspecified atom stereocenters. The Morgan fingerprint density at radius 1 is 0.641 bits per heavy atom. The molecule has 39 heavy (non-hydrogen) atoms. The highest BCUT2D eigenvalue weighted by Crippen LogP contribution is 2.55. The van der Waals surface area contributed by atoms with E-state index in [4.69, 9.17) is 4.74 Å². The minimum absolute atomic E-state index is 0. The molecule has 1 aliphatic rings. The Kier molecular flexibility index (Phi) is 9.06. The van der Waals surface area contributed by atoms with E-state index in [0.29, 0.717) is 12.0 Å². The first-order chi connectivity index (χ1) is 18.5. The maximum absolute atomic E-state index is 13.0. The number of carbonyl (C=O) groups excluding carboxylic acids is 3. The van der Waals surface area contributed by atoms with E-state index in [-0.39, 0.29) is 46.1 Å². The Hall–Kier alpha value is -3.66. The normalized spacial score (nSPS) is 12.9. The molecule has 0 bridgehead atoms. The van der Waals surface area contributed by atoms with Gasteiger partial charge in [-0.1, -0.05) is 78.9 Å². The van der Waals surface area contributed by atoms with Gasteiger partial charge in [-0.3, -0.25) is 14.4 Å². The first-order valence-corrected chi connectivity index (χ1v) is 14.6. The molecular formula is C33H28BrO4P. The van der Waals surface area contributed by atoms with Gasteiger partial charge in [0.15, 0.2) is 11.5 Å². The molecule has 0 atom stereocenters. The lowest BCUT2D eigenvalue weighted by atomic mass is 9.89. The third-order valence-electron chi connectivity index (χ3n) is 6.98. The van der Waals surface area contributed by atoms with Crippen molar-refractivity contribution in [3.05, 3.63) is 138 Å². The number of allylic oxidation sites excluding steroid dienone is 2. The number of esters is 1. The first-order valence-electron chi connectivity index (χ1n) is 12.7. The largest absolute Gasteiger partial charge is 1.00 e. The van der Waals surface area contributed by atoms with Crippen LogP contribution in [0.15, 0.2) is 127 Å². The van der Waals surface area contributed by atoms with Crippen LogP contribution in [0.1, 0.15) is 40.5 Å². The summed E-state index contributed by atoms with van der Waals surface area (Å²) >= 11 is 0. The molecule has 1 aliphatic carbocycles. The molecule has 0 aromatic heterocycles. The molecule has 196 valence electrons. The molecule has 0 saturated heterocycles. The number of halogens is 1. The zero-order valence-electron chi connectivity index (χ0n) is 21.5. The van der Waals surface area contributed by atoms with Gasteiger partial charge in [0, 0.05) is 23.1 Å². The lowest BCUT2D eigenvalue weighted by Crippen LogP contribution is -3.00. The molecule has 0 heterocycles.